The molecule has 1 heterocycles. The Labute approximate surface area is 123 Å². The van der Waals surface area contributed by atoms with Crippen LogP contribution in [0.15, 0.2) is 18.2 Å². The summed E-state index contributed by atoms with van der Waals surface area (Å²) >= 11 is 0. The van der Waals surface area contributed by atoms with Gasteiger partial charge in [0, 0.05) is 32.1 Å². The molecule has 0 radical (unpaired) electrons. The van der Waals surface area contributed by atoms with E-state index in [1.54, 1.807) is 0 Å². The van der Waals surface area contributed by atoms with E-state index in [4.69, 9.17) is 4.74 Å². The second-order valence-electron chi connectivity index (χ2n) is 5.15. The van der Waals surface area contributed by atoms with Crippen molar-refractivity contribution >= 4 is 5.91 Å². The largest absolute Gasteiger partial charge is 0.411 e. The molecular weight excluding hydrogens is 309 g/mol. The van der Waals surface area contributed by atoms with Gasteiger partial charge in [0.25, 0.3) is 0 Å². The number of nitrogens with one attached hydrogen (secondary N) is 1. The summed E-state index contributed by atoms with van der Waals surface area (Å²) in [7, 11) is 0. The Morgan fingerprint density at radius 3 is 2.41 bits per heavy atom. The summed E-state index contributed by atoms with van der Waals surface area (Å²) in [6.07, 6.45) is -6.01. The first-order valence-corrected chi connectivity index (χ1v) is 6.63. The van der Waals surface area contributed by atoms with Crippen molar-refractivity contribution in [2.45, 2.75) is 31.0 Å². The average molecular weight is 323 g/mol. The van der Waals surface area contributed by atoms with Crippen LogP contribution in [-0.2, 0) is 16.0 Å². The zero-order chi connectivity index (χ0) is 16.4. The molecule has 0 saturated carbocycles. The molecule has 0 bridgehead atoms. The Morgan fingerprint density at radius 1 is 1.23 bits per heavy atom. The van der Waals surface area contributed by atoms with Gasteiger partial charge in [-0.15, -0.1) is 0 Å². The fourth-order valence-corrected chi connectivity index (χ4v) is 2.35. The van der Waals surface area contributed by atoms with E-state index < -0.39 is 48.5 Å². The Kier molecular flexibility index (Phi) is 4.69. The lowest BCUT2D eigenvalue weighted by atomic mass is 9.89. The van der Waals surface area contributed by atoms with E-state index in [0.29, 0.717) is 6.07 Å². The monoisotopic (exact) mass is 323 g/mol. The zero-order valence-corrected chi connectivity index (χ0v) is 11.5. The predicted octanol–water partition coefficient (Wildman–Crippen LogP) is 2.74. The quantitative estimate of drug-likeness (QED) is 0.869. The molecule has 0 spiro atoms. The van der Waals surface area contributed by atoms with E-state index in [1.165, 1.54) is 0 Å². The van der Waals surface area contributed by atoms with E-state index in [2.05, 4.69) is 0 Å². The van der Waals surface area contributed by atoms with E-state index in [1.807, 2.05) is 5.32 Å². The van der Waals surface area contributed by atoms with Crippen LogP contribution in [0.5, 0.6) is 0 Å². The SMILES string of the molecule is O=C(Cc1ccc(F)cc1F)NC1(C(F)(F)F)CCOCC1. The van der Waals surface area contributed by atoms with Crippen LogP contribution >= 0.6 is 0 Å². The highest BCUT2D eigenvalue weighted by Gasteiger charge is 2.56. The molecule has 0 aromatic heterocycles. The van der Waals surface area contributed by atoms with Crippen molar-refractivity contribution in [3.8, 4) is 0 Å². The number of carbonyl (C=O) groups excluding carboxylic acids is 1. The maximum Gasteiger partial charge on any atom is 0.411 e. The molecule has 1 aromatic carbocycles. The normalized spacial score (nSPS) is 18.0. The maximum atomic E-state index is 13.5. The first kappa shape index (κ1) is 16.7. The smallest absolute Gasteiger partial charge is 0.381 e. The molecule has 0 unspecified atom stereocenters. The van der Waals surface area contributed by atoms with Crippen molar-refractivity contribution < 1.29 is 31.5 Å². The molecule has 122 valence electrons. The predicted molar refractivity (Wildman–Crippen MR) is 67.0 cm³/mol. The third kappa shape index (κ3) is 3.55. The molecule has 8 heteroatoms. The van der Waals surface area contributed by atoms with Gasteiger partial charge in [-0.2, -0.15) is 13.2 Å². The number of rotatable bonds is 3. The van der Waals surface area contributed by atoms with Crippen molar-refractivity contribution in [1.29, 1.82) is 0 Å². The molecule has 1 fully saturated rings. The van der Waals surface area contributed by atoms with Crippen molar-refractivity contribution in [3.63, 3.8) is 0 Å². The van der Waals surface area contributed by atoms with Crippen LogP contribution in [0.3, 0.4) is 0 Å². The summed E-state index contributed by atoms with van der Waals surface area (Å²) in [6.45, 7) is -0.241. The highest BCUT2D eigenvalue weighted by atomic mass is 19.4. The fourth-order valence-electron chi connectivity index (χ4n) is 2.35. The molecule has 0 atom stereocenters. The van der Waals surface area contributed by atoms with Crippen LogP contribution in [0, 0.1) is 11.6 Å². The highest BCUT2D eigenvalue weighted by molar-refractivity contribution is 5.79. The first-order chi connectivity index (χ1) is 10.2. The maximum absolute atomic E-state index is 13.5. The van der Waals surface area contributed by atoms with E-state index in [9.17, 15) is 26.7 Å². The minimum Gasteiger partial charge on any atom is -0.381 e. The molecule has 22 heavy (non-hydrogen) atoms. The summed E-state index contributed by atoms with van der Waals surface area (Å²) in [5.74, 6) is -2.76. The van der Waals surface area contributed by atoms with E-state index >= 15 is 0 Å². The molecule has 0 aliphatic carbocycles. The van der Waals surface area contributed by atoms with Crippen LogP contribution in [0.4, 0.5) is 22.0 Å². The number of alkyl halides is 3. The minimum atomic E-state index is -4.63. The van der Waals surface area contributed by atoms with Gasteiger partial charge in [-0.25, -0.2) is 8.78 Å². The van der Waals surface area contributed by atoms with Gasteiger partial charge in [-0.05, 0) is 11.6 Å². The van der Waals surface area contributed by atoms with E-state index in [0.717, 1.165) is 12.1 Å². The van der Waals surface area contributed by atoms with Gasteiger partial charge in [0.1, 0.15) is 17.2 Å². The highest BCUT2D eigenvalue weighted by Crippen LogP contribution is 2.38. The minimum absolute atomic E-state index is 0.120. The zero-order valence-electron chi connectivity index (χ0n) is 11.5. The Hall–Kier alpha value is -1.70. The molecule has 1 aliphatic rings. The van der Waals surface area contributed by atoms with Gasteiger partial charge in [0.15, 0.2) is 0 Å². The average Bonchev–Trinajstić information content (AvgIpc) is 2.42. The summed E-state index contributed by atoms with van der Waals surface area (Å²) < 4.78 is 70.8. The van der Waals surface area contributed by atoms with Crippen molar-refractivity contribution in [3.05, 3.63) is 35.4 Å². The molecule has 1 amide bonds. The molecule has 1 aromatic rings. The lowest BCUT2D eigenvalue weighted by Crippen LogP contribution is -2.61. The van der Waals surface area contributed by atoms with Gasteiger partial charge >= 0.3 is 6.18 Å². The summed E-state index contributed by atoms with van der Waals surface area (Å²) in [5.41, 5.74) is -2.53. The second-order valence-corrected chi connectivity index (χ2v) is 5.15. The van der Waals surface area contributed by atoms with Crippen LogP contribution < -0.4 is 5.32 Å². The number of carbonyl (C=O) groups is 1. The second kappa shape index (κ2) is 6.20. The van der Waals surface area contributed by atoms with Crippen LogP contribution in [-0.4, -0.2) is 30.8 Å². The van der Waals surface area contributed by atoms with Gasteiger partial charge in [0.05, 0.1) is 6.42 Å². The summed E-state index contributed by atoms with van der Waals surface area (Å²) in [6, 6.07) is 2.56. The van der Waals surface area contributed by atoms with Crippen LogP contribution in [0.25, 0.3) is 0 Å². The van der Waals surface area contributed by atoms with Gasteiger partial charge < -0.3 is 10.1 Å². The molecule has 2 rings (SSSR count). The number of halogens is 5. The van der Waals surface area contributed by atoms with Crippen molar-refractivity contribution in [2.75, 3.05) is 13.2 Å². The summed E-state index contributed by atoms with van der Waals surface area (Å²) in [4.78, 5) is 11.9. The van der Waals surface area contributed by atoms with Crippen molar-refractivity contribution in [2.24, 2.45) is 0 Å². The Bertz CT molecular complexity index is 553. The fraction of sp³-hybridized carbons (Fsp3) is 0.500. The Balaban J connectivity index is 2.11. The Morgan fingerprint density at radius 2 is 1.86 bits per heavy atom. The molecule has 1 saturated heterocycles. The lowest BCUT2D eigenvalue weighted by Gasteiger charge is -2.39. The lowest BCUT2D eigenvalue weighted by molar-refractivity contribution is -0.216. The van der Waals surface area contributed by atoms with Gasteiger partial charge in [0.2, 0.25) is 5.91 Å². The molecule has 3 nitrogen and oxygen atoms in total. The van der Waals surface area contributed by atoms with Gasteiger partial charge in [-0.1, -0.05) is 6.07 Å². The van der Waals surface area contributed by atoms with E-state index in [-0.39, 0.29) is 18.8 Å². The molecule has 1 aliphatic heterocycles. The number of hydrogen-bond acceptors (Lipinski definition) is 2. The molecule has 1 N–H and O–H groups in total. The standard InChI is InChI=1S/C14H14F5NO2/c15-10-2-1-9(11(16)8-10)7-12(21)20-13(14(17,18)19)3-5-22-6-4-13/h1-2,8H,3-7H2,(H,20,21). The number of benzene rings is 1. The van der Waals surface area contributed by atoms with Gasteiger partial charge in [-0.3, -0.25) is 4.79 Å². The summed E-state index contributed by atoms with van der Waals surface area (Å²) in [5, 5.41) is 1.96. The van der Waals surface area contributed by atoms with Crippen molar-refractivity contribution in [1.82, 2.24) is 5.32 Å². The third-order valence-corrected chi connectivity index (χ3v) is 3.63. The number of ether oxygens (including phenoxy) is 1. The van der Waals surface area contributed by atoms with Crippen LogP contribution in [0.2, 0.25) is 0 Å². The number of hydrogen-bond donors (Lipinski definition) is 1. The first-order valence-electron chi connectivity index (χ1n) is 6.63. The topological polar surface area (TPSA) is 38.3 Å². The molecular formula is C14H14F5NO2. The third-order valence-electron chi connectivity index (χ3n) is 3.63. The van der Waals surface area contributed by atoms with Crippen LogP contribution in [0.1, 0.15) is 18.4 Å². The number of amides is 1.